The second kappa shape index (κ2) is 5.72. The van der Waals surface area contributed by atoms with E-state index in [1.807, 2.05) is 0 Å². The molecule has 1 heterocycles. The van der Waals surface area contributed by atoms with Crippen LogP contribution in [0.15, 0.2) is 24.3 Å². The Balaban J connectivity index is 1.58. The highest BCUT2D eigenvalue weighted by Crippen LogP contribution is 2.42. The summed E-state index contributed by atoms with van der Waals surface area (Å²) in [6, 6.07) is 8.68. The van der Waals surface area contributed by atoms with Crippen LogP contribution >= 0.6 is 0 Å². The fourth-order valence-electron chi connectivity index (χ4n) is 3.73. The monoisotopic (exact) mass is 285 g/mol. The fraction of sp³-hybridized carbons (Fsp3) is 0.556. The van der Waals surface area contributed by atoms with Gasteiger partial charge >= 0.3 is 0 Å². The predicted molar refractivity (Wildman–Crippen MR) is 82.0 cm³/mol. The molecular weight excluding hydrogens is 262 g/mol. The lowest BCUT2D eigenvalue weighted by Gasteiger charge is -2.43. The number of hydrogen-bond acceptors (Lipinski definition) is 3. The van der Waals surface area contributed by atoms with Gasteiger partial charge in [0.05, 0.1) is 6.42 Å². The number of likely N-dealkylation sites (tertiary alicyclic amines) is 1. The Morgan fingerprint density at radius 3 is 2.14 bits per heavy atom. The first-order valence-electron chi connectivity index (χ1n) is 7.86. The molecule has 3 nitrogen and oxygen atoms in total. The standard InChI is InChI=1S/C18H23NO2/c1-14-2-4-15(5-3-14)13-19-8-6-18(7-9-19)11-16(20)10-17(21)12-18/h2-5H,6-13H2,1H3. The lowest BCUT2D eigenvalue weighted by atomic mass is 9.67. The van der Waals surface area contributed by atoms with Gasteiger partial charge in [-0.25, -0.2) is 0 Å². The van der Waals surface area contributed by atoms with Crippen molar-refractivity contribution in [2.45, 2.75) is 45.6 Å². The number of piperidine rings is 1. The molecule has 1 saturated heterocycles. The summed E-state index contributed by atoms with van der Waals surface area (Å²) in [6.45, 7) is 5.06. The van der Waals surface area contributed by atoms with E-state index in [4.69, 9.17) is 0 Å². The molecule has 3 heteroatoms. The van der Waals surface area contributed by atoms with Crippen molar-refractivity contribution in [3.63, 3.8) is 0 Å². The molecule has 1 aromatic rings. The van der Waals surface area contributed by atoms with Gasteiger partial charge in [-0.3, -0.25) is 14.5 Å². The maximum absolute atomic E-state index is 11.7. The number of hydrogen-bond donors (Lipinski definition) is 0. The molecule has 0 unspecified atom stereocenters. The molecule has 0 aromatic heterocycles. The summed E-state index contributed by atoms with van der Waals surface area (Å²) in [7, 11) is 0. The van der Waals surface area contributed by atoms with Crippen LogP contribution in [0.1, 0.15) is 43.2 Å². The van der Waals surface area contributed by atoms with Crippen LogP contribution < -0.4 is 0 Å². The minimum Gasteiger partial charge on any atom is -0.299 e. The minimum atomic E-state index is -0.0177. The number of nitrogens with zero attached hydrogens (tertiary/aromatic N) is 1. The Morgan fingerprint density at radius 2 is 1.57 bits per heavy atom. The van der Waals surface area contributed by atoms with E-state index in [-0.39, 0.29) is 23.4 Å². The molecule has 0 atom stereocenters. The first-order chi connectivity index (χ1) is 10.0. The molecule has 112 valence electrons. The van der Waals surface area contributed by atoms with Gasteiger partial charge < -0.3 is 0 Å². The highest BCUT2D eigenvalue weighted by molar-refractivity contribution is 6.02. The molecule has 0 radical (unpaired) electrons. The molecule has 1 aliphatic heterocycles. The largest absolute Gasteiger partial charge is 0.299 e. The maximum atomic E-state index is 11.7. The summed E-state index contributed by atoms with van der Waals surface area (Å²) >= 11 is 0. The van der Waals surface area contributed by atoms with Gasteiger partial charge in [0.25, 0.3) is 0 Å². The summed E-state index contributed by atoms with van der Waals surface area (Å²) in [5.74, 6) is 0.302. The van der Waals surface area contributed by atoms with Gasteiger partial charge in [0.2, 0.25) is 0 Å². The highest BCUT2D eigenvalue weighted by atomic mass is 16.1. The minimum absolute atomic E-state index is 0.0177. The lowest BCUT2D eigenvalue weighted by Crippen LogP contribution is -2.44. The van der Waals surface area contributed by atoms with Crippen molar-refractivity contribution >= 4 is 11.6 Å². The van der Waals surface area contributed by atoms with Gasteiger partial charge in [-0.1, -0.05) is 29.8 Å². The van der Waals surface area contributed by atoms with Crippen LogP contribution in [-0.4, -0.2) is 29.6 Å². The van der Waals surface area contributed by atoms with Gasteiger partial charge in [-0.2, -0.15) is 0 Å². The molecular formula is C18H23NO2. The van der Waals surface area contributed by atoms with Crippen molar-refractivity contribution in [2.24, 2.45) is 5.41 Å². The van der Waals surface area contributed by atoms with Gasteiger partial charge in [0.15, 0.2) is 0 Å². The van der Waals surface area contributed by atoms with Crippen LogP contribution in [0.5, 0.6) is 0 Å². The third-order valence-corrected chi connectivity index (χ3v) is 4.98. The predicted octanol–water partition coefficient (Wildman–Crippen LogP) is 2.90. The molecule has 21 heavy (non-hydrogen) atoms. The van der Waals surface area contributed by atoms with Gasteiger partial charge in [-0.05, 0) is 43.8 Å². The molecule has 2 aliphatic rings. The molecule has 1 aromatic carbocycles. The zero-order valence-corrected chi connectivity index (χ0v) is 12.7. The van der Waals surface area contributed by atoms with Crippen molar-refractivity contribution in [3.8, 4) is 0 Å². The Hall–Kier alpha value is -1.48. The summed E-state index contributed by atoms with van der Waals surface area (Å²) < 4.78 is 0. The van der Waals surface area contributed by atoms with Crippen molar-refractivity contribution < 1.29 is 9.59 Å². The average molecular weight is 285 g/mol. The smallest absolute Gasteiger partial charge is 0.140 e. The van der Waals surface area contributed by atoms with Crippen LogP contribution in [-0.2, 0) is 16.1 Å². The number of Topliss-reactive ketones (excluding diaryl/α,β-unsaturated/α-hetero) is 2. The van der Waals surface area contributed by atoms with Crippen LogP contribution in [0.25, 0.3) is 0 Å². The number of ketones is 2. The summed E-state index contributed by atoms with van der Waals surface area (Å²) in [5, 5.41) is 0. The number of carbonyl (C=O) groups excluding carboxylic acids is 2. The quantitative estimate of drug-likeness (QED) is 0.784. The zero-order chi connectivity index (χ0) is 14.9. The van der Waals surface area contributed by atoms with E-state index >= 15 is 0 Å². The summed E-state index contributed by atoms with van der Waals surface area (Å²) in [6.07, 6.45) is 3.38. The molecule has 0 N–H and O–H groups in total. The molecule has 2 fully saturated rings. The van der Waals surface area contributed by atoms with Crippen LogP contribution in [0.4, 0.5) is 0 Å². The van der Waals surface area contributed by atoms with Gasteiger partial charge in [0.1, 0.15) is 11.6 Å². The first-order valence-corrected chi connectivity index (χ1v) is 7.86. The zero-order valence-electron chi connectivity index (χ0n) is 12.7. The number of carbonyl (C=O) groups is 2. The summed E-state index contributed by atoms with van der Waals surface area (Å²) in [5.41, 5.74) is 2.61. The average Bonchev–Trinajstić information content (AvgIpc) is 2.43. The van der Waals surface area contributed by atoms with Crippen molar-refractivity contribution in [3.05, 3.63) is 35.4 Å². The van der Waals surface area contributed by atoms with Gasteiger partial charge in [0, 0.05) is 19.4 Å². The summed E-state index contributed by atoms with van der Waals surface area (Å²) in [4.78, 5) is 25.9. The third-order valence-electron chi connectivity index (χ3n) is 4.98. The Kier molecular flexibility index (Phi) is 3.94. The van der Waals surface area contributed by atoms with Crippen LogP contribution in [0.3, 0.4) is 0 Å². The Morgan fingerprint density at radius 1 is 1.00 bits per heavy atom. The Bertz CT molecular complexity index is 521. The van der Waals surface area contributed by atoms with Gasteiger partial charge in [-0.15, -0.1) is 0 Å². The lowest BCUT2D eigenvalue weighted by molar-refractivity contribution is -0.135. The van der Waals surface area contributed by atoms with E-state index in [9.17, 15) is 9.59 Å². The second-order valence-corrected chi connectivity index (χ2v) is 6.87. The number of aryl methyl sites for hydroxylation is 1. The topological polar surface area (TPSA) is 37.4 Å². The molecule has 1 saturated carbocycles. The second-order valence-electron chi connectivity index (χ2n) is 6.87. The van der Waals surface area contributed by atoms with E-state index in [0.717, 1.165) is 32.5 Å². The molecule has 3 rings (SSSR count). The third kappa shape index (κ3) is 3.41. The van der Waals surface area contributed by atoms with Crippen LogP contribution in [0.2, 0.25) is 0 Å². The normalized spacial score (nSPS) is 22.7. The van der Waals surface area contributed by atoms with E-state index in [1.165, 1.54) is 11.1 Å². The molecule has 0 amide bonds. The van der Waals surface area contributed by atoms with E-state index in [2.05, 4.69) is 36.1 Å². The first kappa shape index (κ1) is 14.5. The SMILES string of the molecule is Cc1ccc(CN2CCC3(CC2)CC(=O)CC(=O)C3)cc1. The number of benzene rings is 1. The van der Waals surface area contributed by atoms with E-state index in [0.29, 0.717) is 12.8 Å². The highest BCUT2D eigenvalue weighted by Gasteiger charge is 2.41. The fourth-order valence-corrected chi connectivity index (χ4v) is 3.73. The molecule has 1 aliphatic carbocycles. The van der Waals surface area contributed by atoms with Crippen molar-refractivity contribution in [1.82, 2.24) is 4.90 Å². The van der Waals surface area contributed by atoms with Crippen LogP contribution in [0, 0.1) is 12.3 Å². The molecule has 1 spiro atoms. The van der Waals surface area contributed by atoms with Crippen molar-refractivity contribution in [1.29, 1.82) is 0 Å². The van der Waals surface area contributed by atoms with E-state index < -0.39 is 0 Å². The maximum Gasteiger partial charge on any atom is 0.140 e. The van der Waals surface area contributed by atoms with Crippen molar-refractivity contribution in [2.75, 3.05) is 13.1 Å². The van der Waals surface area contributed by atoms with E-state index in [1.54, 1.807) is 0 Å². The Labute approximate surface area is 126 Å². The number of rotatable bonds is 2. The molecule has 0 bridgehead atoms.